The molecular formula is C11H9F3N2O. The Morgan fingerprint density at radius 1 is 1.41 bits per heavy atom. The highest BCUT2D eigenvalue weighted by molar-refractivity contribution is 5.66. The second kappa shape index (κ2) is 5.25. The second-order valence-electron chi connectivity index (χ2n) is 3.10. The van der Waals surface area contributed by atoms with Crippen LogP contribution in [0.5, 0.6) is 5.75 Å². The second-order valence-corrected chi connectivity index (χ2v) is 3.10. The first-order valence-electron chi connectivity index (χ1n) is 4.61. The normalized spacial score (nSPS) is 11.4. The molecule has 0 saturated carbocycles. The minimum absolute atomic E-state index is 0.157. The van der Waals surface area contributed by atoms with Crippen LogP contribution in [0.1, 0.15) is 12.0 Å². The summed E-state index contributed by atoms with van der Waals surface area (Å²) < 4.78 is 39.6. The average molecular weight is 242 g/mol. The lowest BCUT2D eigenvalue weighted by Gasteiger charge is -2.10. The van der Waals surface area contributed by atoms with E-state index in [4.69, 9.17) is 11.0 Å². The Labute approximate surface area is 95.9 Å². The van der Waals surface area contributed by atoms with E-state index in [2.05, 4.69) is 4.74 Å². The first-order chi connectivity index (χ1) is 7.92. The molecule has 90 valence electrons. The molecule has 17 heavy (non-hydrogen) atoms. The molecule has 1 rings (SSSR count). The lowest BCUT2D eigenvalue weighted by atomic mass is 10.1. The molecule has 0 bridgehead atoms. The number of anilines is 1. The maximum atomic E-state index is 12.0. The fourth-order valence-electron chi connectivity index (χ4n) is 1.13. The number of hydrogen-bond acceptors (Lipinski definition) is 3. The van der Waals surface area contributed by atoms with E-state index in [1.54, 1.807) is 0 Å². The van der Waals surface area contributed by atoms with Gasteiger partial charge in [0.05, 0.1) is 12.5 Å². The largest absolute Gasteiger partial charge is 0.573 e. The van der Waals surface area contributed by atoms with Crippen molar-refractivity contribution in [3.63, 3.8) is 0 Å². The highest BCUT2D eigenvalue weighted by Crippen LogP contribution is 2.26. The molecule has 2 N–H and O–H groups in total. The molecule has 0 saturated heterocycles. The Bertz CT molecular complexity index is 461. The average Bonchev–Trinajstić information content (AvgIpc) is 2.21. The van der Waals surface area contributed by atoms with E-state index < -0.39 is 6.36 Å². The molecule has 3 nitrogen and oxygen atoms in total. The number of hydrogen-bond donors (Lipinski definition) is 1. The van der Waals surface area contributed by atoms with Crippen LogP contribution in [0, 0.1) is 11.3 Å². The number of nitrogen functional groups attached to an aromatic ring is 1. The van der Waals surface area contributed by atoms with Crippen LogP contribution >= 0.6 is 0 Å². The molecule has 0 aliphatic heterocycles. The van der Waals surface area contributed by atoms with Gasteiger partial charge in [-0.05, 0) is 18.2 Å². The number of allylic oxidation sites excluding steroid dienone is 1. The van der Waals surface area contributed by atoms with Crippen molar-refractivity contribution in [2.45, 2.75) is 12.8 Å². The predicted octanol–water partition coefficient (Wildman–Crippen LogP) is 3.09. The van der Waals surface area contributed by atoms with E-state index in [1.807, 2.05) is 6.07 Å². The molecule has 0 radical (unpaired) electrons. The van der Waals surface area contributed by atoms with Gasteiger partial charge in [-0.3, -0.25) is 0 Å². The fraction of sp³-hybridized carbons (Fsp3) is 0.182. The van der Waals surface area contributed by atoms with Crippen LogP contribution < -0.4 is 10.5 Å². The Morgan fingerprint density at radius 2 is 2.12 bits per heavy atom. The number of rotatable bonds is 3. The number of nitriles is 1. The number of benzene rings is 1. The Balaban J connectivity index is 2.91. The summed E-state index contributed by atoms with van der Waals surface area (Å²) in [6.45, 7) is 0. The minimum atomic E-state index is -4.73. The van der Waals surface area contributed by atoms with E-state index in [1.165, 1.54) is 18.2 Å². The number of nitrogens with two attached hydrogens (primary N) is 1. The van der Waals surface area contributed by atoms with E-state index in [-0.39, 0.29) is 12.2 Å². The van der Waals surface area contributed by atoms with Crippen molar-refractivity contribution in [3.8, 4) is 11.8 Å². The van der Waals surface area contributed by atoms with Crippen molar-refractivity contribution in [1.82, 2.24) is 0 Å². The minimum Gasteiger partial charge on any atom is -0.406 e. The van der Waals surface area contributed by atoms with Gasteiger partial charge in [0.2, 0.25) is 0 Å². The Hall–Kier alpha value is -2.16. The Morgan fingerprint density at radius 3 is 2.71 bits per heavy atom. The van der Waals surface area contributed by atoms with Crippen molar-refractivity contribution >= 4 is 11.8 Å². The summed E-state index contributed by atoms with van der Waals surface area (Å²) in [5.74, 6) is -0.344. The van der Waals surface area contributed by atoms with Crippen molar-refractivity contribution in [2.24, 2.45) is 0 Å². The van der Waals surface area contributed by atoms with Crippen molar-refractivity contribution in [1.29, 1.82) is 5.26 Å². The smallest absolute Gasteiger partial charge is 0.406 e. The van der Waals surface area contributed by atoms with E-state index >= 15 is 0 Å². The zero-order chi connectivity index (χ0) is 12.9. The molecule has 6 heteroatoms. The van der Waals surface area contributed by atoms with Crippen LogP contribution in [0.15, 0.2) is 24.3 Å². The number of ether oxygens (including phenoxy) is 1. The van der Waals surface area contributed by atoms with Crippen LogP contribution in [0.3, 0.4) is 0 Å². The highest BCUT2D eigenvalue weighted by Gasteiger charge is 2.31. The summed E-state index contributed by atoms with van der Waals surface area (Å²) in [6, 6.07) is 5.48. The fourth-order valence-corrected chi connectivity index (χ4v) is 1.13. The topological polar surface area (TPSA) is 59.0 Å². The van der Waals surface area contributed by atoms with E-state index in [0.29, 0.717) is 11.3 Å². The van der Waals surface area contributed by atoms with Crippen LogP contribution in [0.2, 0.25) is 0 Å². The molecule has 1 aromatic rings. The van der Waals surface area contributed by atoms with Crippen LogP contribution in [0.4, 0.5) is 18.9 Å². The summed E-state index contributed by atoms with van der Waals surface area (Å²) in [6.07, 6.45) is -1.60. The highest BCUT2D eigenvalue weighted by atomic mass is 19.4. The molecule has 0 aliphatic rings. The van der Waals surface area contributed by atoms with Gasteiger partial charge >= 0.3 is 6.36 Å². The van der Waals surface area contributed by atoms with Crippen LogP contribution in [0.25, 0.3) is 6.08 Å². The monoisotopic (exact) mass is 242 g/mol. The molecule has 0 atom stereocenters. The molecule has 0 heterocycles. The van der Waals surface area contributed by atoms with Gasteiger partial charge in [-0.15, -0.1) is 13.2 Å². The SMILES string of the molecule is N#CCC=Cc1cc(OC(F)(F)F)ccc1N. The van der Waals surface area contributed by atoms with Crippen molar-refractivity contribution < 1.29 is 17.9 Å². The Kier molecular flexibility index (Phi) is 3.99. The van der Waals surface area contributed by atoms with Gasteiger partial charge in [0.15, 0.2) is 0 Å². The van der Waals surface area contributed by atoms with Crippen LogP contribution in [-0.4, -0.2) is 6.36 Å². The molecule has 0 fully saturated rings. The number of halogens is 3. The molecular weight excluding hydrogens is 233 g/mol. The van der Waals surface area contributed by atoms with Gasteiger partial charge in [-0.25, -0.2) is 0 Å². The maximum absolute atomic E-state index is 12.0. The van der Waals surface area contributed by atoms with Gasteiger partial charge in [0.1, 0.15) is 5.75 Å². The number of alkyl halides is 3. The maximum Gasteiger partial charge on any atom is 0.573 e. The van der Waals surface area contributed by atoms with E-state index in [0.717, 1.165) is 12.1 Å². The third kappa shape index (κ3) is 4.47. The summed E-state index contributed by atoms with van der Waals surface area (Å²) in [4.78, 5) is 0. The number of nitrogens with zero attached hydrogens (tertiary/aromatic N) is 1. The molecule has 0 unspecified atom stereocenters. The van der Waals surface area contributed by atoms with E-state index in [9.17, 15) is 13.2 Å². The first-order valence-corrected chi connectivity index (χ1v) is 4.61. The third-order valence-corrected chi connectivity index (χ3v) is 1.80. The van der Waals surface area contributed by atoms with Gasteiger partial charge in [-0.2, -0.15) is 5.26 Å². The van der Waals surface area contributed by atoms with Crippen molar-refractivity contribution in [2.75, 3.05) is 5.73 Å². The summed E-state index contributed by atoms with van der Waals surface area (Å²) in [7, 11) is 0. The molecule has 0 aromatic heterocycles. The van der Waals surface area contributed by atoms with Gasteiger partial charge in [-0.1, -0.05) is 12.2 Å². The molecule has 0 aliphatic carbocycles. The molecule has 1 aromatic carbocycles. The molecule has 0 spiro atoms. The quantitative estimate of drug-likeness (QED) is 0.828. The van der Waals surface area contributed by atoms with Crippen LogP contribution in [-0.2, 0) is 0 Å². The van der Waals surface area contributed by atoms with Gasteiger partial charge in [0, 0.05) is 11.3 Å². The summed E-state index contributed by atoms with van der Waals surface area (Å²) >= 11 is 0. The van der Waals surface area contributed by atoms with Crippen molar-refractivity contribution in [3.05, 3.63) is 29.8 Å². The molecule has 0 amide bonds. The van der Waals surface area contributed by atoms with Gasteiger partial charge in [0.25, 0.3) is 0 Å². The first kappa shape index (κ1) is 12.9. The lowest BCUT2D eigenvalue weighted by molar-refractivity contribution is -0.274. The van der Waals surface area contributed by atoms with Gasteiger partial charge < -0.3 is 10.5 Å². The standard InChI is InChI=1S/C11H9F3N2O/c12-11(13,14)17-9-4-5-10(16)8(7-9)3-1-2-6-15/h1,3-5,7H,2,16H2. The zero-order valence-electron chi connectivity index (χ0n) is 8.66. The lowest BCUT2D eigenvalue weighted by Crippen LogP contribution is -2.17. The summed E-state index contributed by atoms with van der Waals surface area (Å²) in [5, 5.41) is 8.32. The third-order valence-electron chi connectivity index (χ3n) is 1.80. The predicted molar refractivity (Wildman–Crippen MR) is 56.8 cm³/mol. The zero-order valence-corrected chi connectivity index (χ0v) is 8.66. The summed E-state index contributed by atoms with van der Waals surface area (Å²) in [5.41, 5.74) is 6.25.